The number of halogens is 3. The van der Waals surface area contributed by atoms with Gasteiger partial charge < -0.3 is 4.74 Å². The Kier molecular flexibility index (Phi) is 6.90. The van der Waals surface area contributed by atoms with E-state index >= 15 is 0 Å². The lowest BCUT2D eigenvalue weighted by molar-refractivity contribution is -0.204. The summed E-state index contributed by atoms with van der Waals surface area (Å²) in [4.78, 5) is 16.2. The number of aliphatic imine (C=N–C) groups is 1. The van der Waals surface area contributed by atoms with Crippen LogP contribution in [0.4, 0.5) is 13.2 Å². The van der Waals surface area contributed by atoms with Gasteiger partial charge in [-0.25, -0.2) is 4.79 Å². The van der Waals surface area contributed by atoms with E-state index in [0.29, 0.717) is 5.56 Å². The van der Waals surface area contributed by atoms with E-state index in [1.54, 1.807) is 36.4 Å². The summed E-state index contributed by atoms with van der Waals surface area (Å²) in [6, 6.07) is 21.5. The highest BCUT2D eigenvalue weighted by molar-refractivity contribution is 5.91. The molecule has 6 heteroatoms. The van der Waals surface area contributed by atoms with E-state index < -0.39 is 24.1 Å². The van der Waals surface area contributed by atoms with Gasteiger partial charge in [-0.2, -0.15) is 13.2 Å². The Labute approximate surface area is 178 Å². The predicted molar refractivity (Wildman–Crippen MR) is 117 cm³/mol. The molecule has 0 fully saturated rings. The second-order valence-electron chi connectivity index (χ2n) is 6.92. The molecule has 0 saturated heterocycles. The second-order valence-corrected chi connectivity index (χ2v) is 6.92. The molecule has 0 aliphatic rings. The van der Waals surface area contributed by atoms with Gasteiger partial charge in [0.1, 0.15) is 0 Å². The number of esters is 1. The minimum absolute atomic E-state index is 0.176. The molecule has 0 saturated carbocycles. The molecule has 0 aromatic heterocycles. The van der Waals surface area contributed by atoms with Crippen molar-refractivity contribution >= 4 is 29.0 Å². The average molecular weight is 425 g/mol. The number of alkyl halides is 3. The summed E-state index contributed by atoms with van der Waals surface area (Å²) in [7, 11) is 0. The fourth-order valence-electron chi connectivity index (χ4n) is 3.22. The van der Waals surface area contributed by atoms with Gasteiger partial charge in [0.2, 0.25) is 0 Å². The number of nitrogens with zero attached hydrogens (tertiary/aromatic N) is 1. The molecule has 3 aromatic rings. The van der Waals surface area contributed by atoms with E-state index in [4.69, 9.17) is 4.74 Å². The number of carbonyl (C=O) groups excluding carboxylic acids is 1. The molecule has 0 radical (unpaired) electrons. The predicted octanol–water partition coefficient (Wildman–Crippen LogP) is 6.23. The molecule has 0 aliphatic heterocycles. The van der Waals surface area contributed by atoms with Gasteiger partial charge in [-0.3, -0.25) is 4.99 Å². The van der Waals surface area contributed by atoms with Crippen molar-refractivity contribution in [1.29, 1.82) is 0 Å². The van der Waals surface area contributed by atoms with Crippen LogP contribution in [0.2, 0.25) is 0 Å². The molecule has 3 rings (SSSR count). The topological polar surface area (TPSA) is 38.7 Å². The average Bonchev–Trinajstić information content (AvgIpc) is 2.76. The van der Waals surface area contributed by atoms with E-state index in [-0.39, 0.29) is 6.61 Å². The maximum absolute atomic E-state index is 14.2. The smallest absolute Gasteiger partial charge is 0.424 e. The van der Waals surface area contributed by atoms with Crippen molar-refractivity contribution in [2.45, 2.75) is 25.1 Å². The first-order valence-corrected chi connectivity index (χ1v) is 9.86. The van der Waals surface area contributed by atoms with Crippen molar-refractivity contribution in [3.63, 3.8) is 0 Å². The SMILES string of the molecule is CCOC(=O)C(C/C=C/c1cccc2ccccc12)(N=Cc1ccccc1)C(F)(F)F. The normalized spacial score (nSPS) is 14.2. The lowest BCUT2D eigenvalue weighted by Crippen LogP contribution is -2.51. The largest absolute Gasteiger partial charge is 0.464 e. The van der Waals surface area contributed by atoms with Gasteiger partial charge in [-0.1, -0.05) is 84.9 Å². The number of fused-ring (bicyclic) bond motifs is 1. The van der Waals surface area contributed by atoms with Crippen LogP contribution in [0, 0.1) is 0 Å². The molecule has 1 atom stereocenters. The monoisotopic (exact) mass is 425 g/mol. The zero-order chi connectivity index (χ0) is 22.3. The van der Waals surface area contributed by atoms with Crippen LogP contribution in [-0.2, 0) is 9.53 Å². The van der Waals surface area contributed by atoms with Crippen LogP contribution in [0.15, 0.2) is 83.9 Å². The highest BCUT2D eigenvalue weighted by Crippen LogP contribution is 2.38. The number of ether oxygens (including phenoxy) is 1. The number of benzene rings is 3. The fourth-order valence-corrected chi connectivity index (χ4v) is 3.22. The van der Waals surface area contributed by atoms with Gasteiger partial charge in [-0.05, 0) is 28.8 Å². The molecular weight excluding hydrogens is 403 g/mol. The van der Waals surface area contributed by atoms with Gasteiger partial charge in [0.25, 0.3) is 5.54 Å². The summed E-state index contributed by atoms with van der Waals surface area (Å²) < 4.78 is 47.3. The Morgan fingerprint density at radius 1 is 0.968 bits per heavy atom. The first-order chi connectivity index (χ1) is 14.9. The highest BCUT2D eigenvalue weighted by atomic mass is 19.4. The third-order valence-corrected chi connectivity index (χ3v) is 4.85. The van der Waals surface area contributed by atoms with Crippen molar-refractivity contribution in [3.8, 4) is 0 Å². The second kappa shape index (κ2) is 9.60. The first-order valence-electron chi connectivity index (χ1n) is 9.86. The zero-order valence-electron chi connectivity index (χ0n) is 17.0. The molecule has 3 nitrogen and oxygen atoms in total. The zero-order valence-corrected chi connectivity index (χ0v) is 17.0. The van der Waals surface area contributed by atoms with Gasteiger partial charge in [0.15, 0.2) is 0 Å². The molecule has 3 aromatic carbocycles. The van der Waals surface area contributed by atoms with E-state index in [0.717, 1.165) is 22.6 Å². The van der Waals surface area contributed by atoms with E-state index in [2.05, 4.69) is 4.99 Å². The molecule has 160 valence electrons. The van der Waals surface area contributed by atoms with Crippen molar-refractivity contribution in [3.05, 3.63) is 90.0 Å². The minimum atomic E-state index is -4.94. The Morgan fingerprint density at radius 3 is 2.35 bits per heavy atom. The molecule has 0 aliphatic carbocycles. The third-order valence-electron chi connectivity index (χ3n) is 4.85. The standard InChI is InChI=1S/C25H22F3NO2/c1-2-31-23(30)24(25(26,27)28,29-18-19-10-4-3-5-11-19)17-9-15-21-14-8-13-20-12-6-7-16-22(20)21/h3-16,18H,2,17H2,1H3/b15-9+,29-18?. The molecule has 0 spiro atoms. The van der Waals surface area contributed by atoms with Crippen LogP contribution in [-0.4, -0.2) is 30.5 Å². The van der Waals surface area contributed by atoms with Crippen LogP contribution >= 0.6 is 0 Å². The third kappa shape index (κ3) is 5.02. The summed E-state index contributed by atoms with van der Waals surface area (Å²) in [6.45, 7) is 1.29. The van der Waals surface area contributed by atoms with Gasteiger partial charge in [0.05, 0.1) is 6.61 Å². The lowest BCUT2D eigenvalue weighted by Gasteiger charge is -2.28. The van der Waals surface area contributed by atoms with Crippen LogP contribution in [0.25, 0.3) is 16.8 Å². The molecule has 0 heterocycles. The van der Waals surface area contributed by atoms with Crippen LogP contribution < -0.4 is 0 Å². The molecule has 0 bridgehead atoms. The molecule has 31 heavy (non-hydrogen) atoms. The molecule has 1 unspecified atom stereocenters. The van der Waals surface area contributed by atoms with E-state index in [1.807, 2.05) is 42.5 Å². The van der Waals surface area contributed by atoms with Crippen molar-refractivity contribution in [2.75, 3.05) is 6.61 Å². The number of carbonyl (C=O) groups is 1. The molecule has 0 N–H and O–H groups in total. The summed E-state index contributed by atoms with van der Waals surface area (Å²) >= 11 is 0. The summed E-state index contributed by atoms with van der Waals surface area (Å²) in [5.41, 5.74) is -1.82. The number of hydrogen-bond acceptors (Lipinski definition) is 3. The number of rotatable bonds is 7. The molecule has 0 amide bonds. The van der Waals surface area contributed by atoms with Gasteiger partial charge in [-0.15, -0.1) is 0 Å². The maximum Gasteiger partial charge on any atom is 0.424 e. The van der Waals surface area contributed by atoms with Crippen molar-refractivity contribution < 1.29 is 22.7 Å². The number of hydrogen-bond donors (Lipinski definition) is 0. The lowest BCUT2D eigenvalue weighted by atomic mass is 9.93. The summed E-state index contributed by atoms with van der Waals surface area (Å²) in [6.07, 6.45) is -1.64. The summed E-state index contributed by atoms with van der Waals surface area (Å²) in [5.74, 6) is -1.42. The molecular formula is C25H22F3NO2. The Morgan fingerprint density at radius 2 is 1.65 bits per heavy atom. The van der Waals surface area contributed by atoms with E-state index in [9.17, 15) is 18.0 Å². The van der Waals surface area contributed by atoms with E-state index in [1.165, 1.54) is 13.0 Å². The first kappa shape index (κ1) is 22.3. The van der Waals surface area contributed by atoms with Crippen molar-refractivity contribution in [2.24, 2.45) is 4.99 Å². The van der Waals surface area contributed by atoms with Crippen molar-refractivity contribution in [1.82, 2.24) is 0 Å². The fraction of sp³-hybridized carbons (Fsp3) is 0.200. The van der Waals surface area contributed by atoms with Crippen LogP contribution in [0.3, 0.4) is 0 Å². The van der Waals surface area contributed by atoms with Crippen LogP contribution in [0.5, 0.6) is 0 Å². The highest BCUT2D eigenvalue weighted by Gasteiger charge is 2.61. The minimum Gasteiger partial charge on any atom is -0.464 e. The Bertz CT molecular complexity index is 1090. The Balaban J connectivity index is 1.99. The maximum atomic E-state index is 14.2. The quantitative estimate of drug-likeness (QED) is 0.333. The van der Waals surface area contributed by atoms with Gasteiger partial charge >= 0.3 is 12.1 Å². The van der Waals surface area contributed by atoms with Crippen LogP contribution in [0.1, 0.15) is 24.5 Å². The summed E-state index contributed by atoms with van der Waals surface area (Å²) in [5, 5.41) is 1.88. The Hall–Kier alpha value is -3.41. The van der Waals surface area contributed by atoms with Gasteiger partial charge in [0, 0.05) is 12.6 Å².